The largest absolute Gasteiger partial charge is 0.336 e. The molecule has 0 bridgehead atoms. The van der Waals surface area contributed by atoms with Gasteiger partial charge in [0.25, 0.3) is 5.56 Å². The first kappa shape index (κ1) is 21.2. The molecule has 4 aromatic rings. The predicted octanol–water partition coefficient (Wildman–Crippen LogP) is 4.75. The molecule has 0 radical (unpaired) electrons. The first-order chi connectivity index (χ1) is 14.8. The van der Waals surface area contributed by atoms with Crippen LogP contribution in [-0.4, -0.2) is 15.0 Å². The second-order valence-electron chi connectivity index (χ2n) is 6.68. The molecular weight excluding hydrogens is 461 g/mol. The Kier molecular flexibility index (Phi) is 5.87. The van der Waals surface area contributed by atoms with Crippen molar-refractivity contribution in [3.05, 3.63) is 103 Å². The maximum absolute atomic E-state index is 13.3. The summed E-state index contributed by atoms with van der Waals surface area (Å²) in [5.41, 5.74) is -0.115. The lowest BCUT2D eigenvalue weighted by Gasteiger charge is -2.14. The molecule has 1 amide bonds. The number of anilines is 1. The summed E-state index contributed by atoms with van der Waals surface area (Å²) in [5.74, 6) is -0.450. The van der Waals surface area contributed by atoms with Crippen LogP contribution in [0.1, 0.15) is 0 Å². The average molecular weight is 475 g/mol. The number of rotatable bonds is 4. The zero-order valence-corrected chi connectivity index (χ0v) is 18.1. The van der Waals surface area contributed by atoms with Crippen molar-refractivity contribution in [1.82, 2.24) is 9.13 Å². The topological polar surface area (TPSA) is 73.1 Å². The number of fused-ring (bicyclic) bond motifs is 1. The lowest BCUT2D eigenvalue weighted by molar-refractivity contribution is -0.116. The van der Waals surface area contributed by atoms with Crippen LogP contribution < -0.4 is 16.6 Å². The first-order valence-corrected chi connectivity index (χ1v) is 10.2. The quantitative estimate of drug-likeness (QED) is 0.464. The van der Waals surface area contributed by atoms with Gasteiger partial charge in [-0.3, -0.25) is 14.2 Å². The molecule has 31 heavy (non-hydrogen) atoms. The number of benzene rings is 3. The summed E-state index contributed by atoms with van der Waals surface area (Å²) in [5, 5.41) is 3.94. The summed E-state index contributed by atoms with van der Waals surface area (Å²) in [4.78, 5) is 39.0. The van der Waals surface area contributed by atoms with Gasteiger partial charge in [0, 0.05) is 10.7 Å². The van der Waals surface area contributed by atoms with E-state index in [2.05, 4.69) is 5.32 Å². The highest BCUT2D eigenvalue weighted by Crippen LogP contribution is 2.24. The standard InChI is InChI=1S/C22H14Cl3N3O3/c23-13-4-3-5-14(10-13)26-20(29)12-27-19-7-2-1-6-16(19)21(30)28(22(27)31)15-8-9-17(24)18(25)11-15/h1-11H,12H2,(H,26,29). The van der Waals surface area contributed by atoms with Gasteiger partial charge >= 0.3 is 5.69 Å². The molecule has 0 unspecified atom stereocenters. The fourth-order valence-corrected chi connectivity index (χ4v) is 3.72. The van der Waals surface area contributed by atoms with E-state index in [1.165, 1.54) is 22.8 Å². The van der Waals surface area contributed by atoms with Crippen LogP contribution in [0.5, 0.6) is 0 Å². The van der Waals surface area contributed by atoms with Crippen LogP contribution in [0.3, 0.4) is 0 Å². The molecule has 0 atom stereocenters. The molecule has 3 aromatic carbocycles. The highest BCUT2D eigenvalue weighted by molar-refractivity contribution is 6.42. The molecule has 156 valence electrons. The number of amides is 1. The van der Waals surface area contributed by atoms with Gasteiger partial charge in [-0.05, 0) is 48.5 Å². The molecule has 0 aliphatic rings. The van der Waals surface area contributed by atoms with Crippen molar-refractivity contribution < 1.29 is 4.79 Å². The van der Waals surface area contributed by atoms with E-state index in [4.69, 9.17) is 34.8 Å². The number of para-hydroxylation sites is 1. The molecule has 6 nitrogen and oxygen atoms in total. The highest BCUT2D eigenvalue weighted by Gasteiger charge is 2.17. The van der Waals surface area contributed by atoms with Crippen LogP contribution in [0.4, 0.5) is 5.69 Å². The second kappa shape index (κ2) is 8.59. The van der Waals surface area contributed by atoms with E-state index < -0.39 is 17.2 Å². The Bertz CT molecular complexity index is 1440. The Morgan fingerprint density at radius 2 is 1.65 bits per heavy atom. The van der Waals surface area contributed by atoms with Gasteiger partial charge in [0.2, 0.25) is 5.91 Å². The van der Waals surface area contributed by atoms with Crippen molar-refractivity contribution >= 4 is 57.3 Å². The molecule has 1 heterocycles. The fourth-order valence-electron chi connectivity index (χ4n) is 3.24. The maximum Gasteiger partial charge on any atom is 0.336 e. The van der Waals surface area contributed by atoms with E-state index in [0.717, 1.165) is 4.57 Å². The van der Waals surface area contributed by atoms with Gasteiger partial charge in [-0.15, -0.1) is 0 Å². The number of hydrogen-bond acceptors (Lipinski definition) is 3. The van der Waals surface area contributed by atoms with E-state index in [9.17, 15) is 14.4 Å². The summed E-state index contributed by atoms with van der Waals surface area (Å²) >= 11 is 18.0. The smallest absolute Gasteiger partial charge is 0.324 e. The van der Waals surface area contributed by atoms with E-state index in [1.807, 2.05) is 0 Å². The Labute approximate surface area is 191 Å². The molecule has 0 aliphatic carbocycles. The van der Waals surface area contributed by atoms with Crippen molar-refractivity contribution in [1.29, 1.82) is 0 Å². The molecule has 1 N–H and O–H groups in total. The van der Waals surface area contributed by atoms with Crippen molar-refractivity contribution in [3.8, 4) is 5.69 Å². The van der Waals surface area contributed by atoms with Gasteiger partial charge in [-0.25, -0.2) is 9.36 Å². The number of nitrogens with one attached hydrogen (secondary N) is 1. The molecule has 9 heteroatoms. The van der Waals surface area contributed by atoms with E-state index in [-0.39, 0.29) is 22.6 Å². The van der Waals surface area contributed by atoms with Crippen molar-refractivity contribution in [2.45, 2.75) is 6.54 Å². The summed E-state index contributed by atoms with van der Waals surface area (Å²) in [6.45, 7) is -0.312. The van der Waals surface area contributed by atoms with Gasteiger partial charge in [-0.2, -0.15) is 0 Å². The van der Waals surface area contributed by atoms with Gasteiger partial charge in [-0.1, -0.05) is 53.0 Å². The lowest BCUT2D eigenvalue weighted by atomic mass is 10.2. The van der Waals surface area contributed by atoms with Gasteiger partial charge in [0.15, 0.2) is 0 Å². The molecule has 0 fully saturated rings. The van der Waals surface area contributed by atoms with Crippen LogP contribution in [0, 0.1) is 0 Å². The van der Waals surface area contributed by atoms with E-state index in [0.29, 0.717) is 21.2 Å². The van der Waals surface area contributed by atoms with Gasteiger partial charge in [0.1, 0.15) is 6.54 Å². The molecule has 0 saturated carbocycles. The van der Waals surface area contributed by atoms with Crippen LogP contribution >= 0.6 is 34.8 Å². The fraction of sp³-hybridized carbons (Fsp3) is 0.0455. The summed E-state index contributed by atoms with van der Waals surface area (Å²) in [7, 11) is 0. The number of aromatic nitrogens is 2. The van der Waals surface area contributed by atoms with Crippen molar-refractivity contribution in [2.75, 3.05) is 5.32 Å². The SMILES string of the molecule is O=C(Cn1c(=O)n(-c2ccc(Cl)c(Cl)c2)c(=O)c2ccccc21)Nc1cccc(Cl)c1. The van der Waals surface area contributed by atoms with Crippen LogP contribution in [-0.2, 0) is 11.3 Å². The normalized spacial score (nSPS) is 10.9. The lowest BCUT2D eigenvalue weighted by Crippen LogP contribution is -2.40. The van der Waals surface area contributed by atoms with Gasteiger partial charge < -0.3 is 5.32 Å². The number of carbonyl (C=O) groups is 1. The monoisotopic (exact) mass is 473 g/mol. The number of nitrogens with zero attached hydrogens (tertiary/aromatic N) is 2. The zero-order valence-electron chi connectivity index (χ0n) is 15.8. The van der Waals surface area contributed by atoms with Gasteiger partial charge in [0.05, 0.1) is 26.6 Å². The molecular formula is C22H14Cl3N3O3. The Morgan fingerprint density at radius 1 is 0.871 bits per heavy atom. The van der Waals surface area contributed by atoms with E-state index in [1.54, 1.807) is 48.5 Å². The Balaban J connectivity index is 1.84. The summed E-state index contributed by atoms with van der Waals surface area (Å²) < 4.78 is 2.20. The zero-order chi connectivity index (χ0) is 22.1. The molecule has 0 saturated heterocycles. The predicted molar refractivity (Wildman–Crippen MR) is 124 cm³/mol. The third kappa shape index (κ3) is 4.23. The molecule has 0 aliphatic heterocycles. The number of hydrogen-bond donors (Lipinski definition) is 1. The Morgan fingerprint density at radius 3 is 2.39 bits per heavy atom. The Hall–Kier alpha value is -3.06. The van der Waals surface area contributed by atoms with Crippen molar-refractivity contribution in [2.24, 2.45) is 0 Å². The highest BCUT2D eigenvalue weighted by atomic mass is 35.5. The van der Waals surface area contributed by atoms with Crippen molar-refractivity contribution in [3.63, 3.8) is 0 Å². The summed E-state index contributed by atoms with van der Waals surface area (Å²) in [6, 6.07) is 17.7. The third-order valence-corrected chi connectivity index (χ3v) is 5.60. The third-order valence-electron chi connectivity index (χ3n) is 4.62. The summed E-state index contributed by atoms with van der Waals surface area (Å²) in [6.07, 6.45) is 0. The number of carbonyl (C=O) groups excluding carboxylic acids is 1. The molecule has 0 spiro atoms. The molecule has 1 aromatic heterocycles. The second-order valence-corrected chi connectivity index (χ2v) is 7.93. The van der Waals surface area contributed by atoms with Crippen LogP contribution in [0.2, 0.25) is 15.1 Å². The maximum atomic E-state index is 13.3. The van der Waals surface area contributed by atoms with E-state index >= 15 is 0 Å². The minimum absolute atomic E-state index is 0.198. The van der Waals surface area contributed by atoms with Crippen LogP contribution in [0.25, 0.3) is 16.6 Å². The number of halogens is 3. The molecule has 4 rings (SSSR count). The minimum Gasteiger partial charge on any atom is -0.324 e. The first-order valence-electron chi connectivity index (χ1n) is 9.10. The van der Waals surface area contributed by atoms with Crippen LogP contribution in [0.15, 0.2) is 76.3 Å². The average Bonchev–Trinajstić information content (AvgIpc) is 2.74. The minimum atomic E-state index is -0.677.